The minimum Gasteiger partial charge on any atom is -0.493 e. The third-order valence-electron chi connectivity index (χ3n) is 6.28. The number of aromatic amines is 1. The van der Waals surface area contributed by atoms with Crippen molar-refractivity contribution in [1.29, 1.82) is 0 Å². The number of hydrogen-bond donors (Lipinski definition) is 1. The van der Waals surface area contributed by atoms with Gasteiger partial charge in [0, 0.05) is 20.1 Å². The topological polar surface area (TPSA) is 110 Å². The van der Waals surface area contributed by atoms with E-state index in [4.69, 9.17) is 9.72 Å². The van der Waals surface area contributed by atoms with Crippen LogP contribution in [0.25, 0.3) is 22.4 Å². The van der Waals surface area contributed by atoms with Crippen molar-refractivity contribution in [2.75, 3.05) is 19.7 Å². The number of sulfonamides is 1. The number of nitrogens with zero attached hydrogens (tertiary/aromatic N) is 4. The highest BCUT2D eigenvalue weighted by Crippen LogP contribution is 2.34. The maximum atomic E-state index is 13.3. The Morgan fingerprint density at radius 3 is 2.62 bits per heavy atom. The molecule has 0 atom stereocenters. The zero-order valence-corrected chi connectivity index (χ0v) is 21.1. The molecule has 0 unspecified atom stereocenters. The first-order valence-corrected chi connectivity index (χ1v) is 13.5. The summed E-state index contributed by atoms with van der Waals surface area (Å²) in [6, 6.07) is 4.76. The normalized spacial score (nSPS) is 15.1. The number of nitrogens with one attached hydrogen (secondary N) is 1. The van der Waals surface area contributed by atoms with Gasteiger partial charge >= 0.3 is 0 Å². The van der Waals surface area contributed by atoms with Crippen molar-refractivity contribution < 1.29 is 13.2 Å². The van der Waals surface area contributed by atoms with Gasteiger partial charge in [0.1, 0.15) is 17.1 Å². The highest BCUT2D eigenvalue weighted by Gasteiger charge is 2.36. The van der Waals surface area contributed by atoms with Crippen LogP contribution in [0.3, 0.4) is 0 Å². The first-order chi connectivity index (χ1) is 16.3. The summed E-state index contributed by atoms with van der Waals surface area (Å²) in [6.07, 6.45) is 4.82. The Kier molecular flexibility index (Phi) is 7.09. The molecule has 184 valence electrons. The van der Waals surface area contributed by atoms with Crippen molar-refractivity contribution in [1.82, 2.24) is 24.1 Å². The minimum atomic E-state index is -3.65. The van der Waals surface area contributed by atoms with Crippen LogP contribution in [-0.4, -0.2) is 52.2 Å². The molecular weight excluding hydrogens is 454 g/mol. The van der Waals surface area contributed by atoms with Crippen LogP contribution in [0.15, 0.2) is 27.9 Å². The second kappa shape index (κ2) is 9.87. The van der Waals surface area contributed by atoms with Crippen LogP contribution in [0, 0.1) is 5.92 Å². The Morgan fingerprint density at radius 2 is 1.94 bits per heavy atom. The summed E-state index contributed by atoms with van der Waals surface area (Å²) in [4.78, 5) is 20.6. The average molecular weight is 488 g/mol. The predicted molar refractivity (Wildman–Crippen MR) is 132 cm³/mol. The Labute approximate surface area is 200 Å². The van der Waals surface area contributed by atoms with Gasteiger partial charge in [0.25, 0.3) is 5.56 Å². The Hall–Kier alpha value is -2.72. The molecule has 1 aromatic carbocycles. The summed E-state index contributed by atoms with van der Waals surface area (Å²) in [6.45, 7) is 7.51. The van der Waals surface area contributed by atoms with Crippen molar-refractivity contribution in [3.63, 3.8) is 0 Å². The van der Waals surface area contributed by atoms with Gasteiger partial charge in [0.15, 0.2) is 5.52 Å². The number of H-pyrrole nitrogens is 1. The molecule has 3 aromatic rings. The fourth-order valence-electron chi connectivity index (χ4n) is 4.46. The zero-order chi connectivity index (χ0) is 24.5. The van der Waals surface area contributed by atoms with E-state index in [0.717, 1.165) is 31.4 Å². The van der Waals surface area contributed by atoms with E-state index in [1.54, 1.807) is 29.9 Å². The second-order valence-corrected chi connectivity index (χ2v) is 10.8. The molecule has 1 fully saturated rings. The predicted octanol–water partition coefficient (Wildman–Crippen LogP) is 3.49. The van der Waals surface area contributed by atoms with Crippen molar-refractivity contribution in [2.24, 2.45) is 13.0 Å². The lowest BCUT2D eigenvalue weighted by Gasteiger charge is -2.38. The summed E-state index contributed by atoms with van der Waals surface area (Å²) in [5.74, 6) is 1.15. The van der Waals surface area contributed by atoms with Crippen LogP contribution in [0.5, 0.6) is 5.75 Å². The number of unbranched alkanes of at least 4 members (excludes halogenated alkanes) is 1. The van der Waals surface area contributed by atoms with E-state index >= 15 is 0 Å². The first-order valence-electron chi connectivity index (χ1n) is 12.0. The van der Waals surface area contributed by atoms with E-state index in [9.17, 15) is 13.2 Å². The van der Waals surface area contributed by atoms with Crippen LogP contribution < -0.4 is 10.3 Å². The maximum Gasteiger partial charge on any atom is 0.277 e. The standard InChI is InChI=1S/C24H33N5O4S/c1-5-8-10-16-14-29(15-16)34(31,32)17-11-12-20(33-7-3)18(13-17)23-25-21-19(9-6-2)27-28(4)22(21)24(30)26-23/h11-13,16H,5-10,14-15H2,1-4H3,(H,25,26,30). The van der Waals surface area contributed by atoms with E-state index in [1.807, 2.05) is 13.8 Å². The molecule has 0 bridgehead atoms. The molecule has 1 saturated heterocycles. The van der Waals surface area contributed by atoms with Gasteiger partial charge < -0.3 is 9.72 Å². The van der Waals surface area contributed by atoms with Crippen LogP contribution >= 0.6 is 0 Å². The zero-order valence-electron chi connectivity index (χ0n) is 20.3. The molecule has 4 rings (SSSR count). The van der Waals surface area contributed by atoms with Gasteiger partial charge in [0.2, 0.25) is 10.0 Å². The molecule has 0 aliphatic carbocycles. The molecule has 2 aromatic heterocycles. The molecule has 10 heteroatoms. The van der Waals surface area contributed by atoms with Crippen LogP contribution in [0.4, 0.5) is 0 Å². The van der Waals surface area contributed by atoms with Crippen molar-refractivity contribution >= 4 is 21.1 Å². The third kappa shape index (κ3) is 4.48. The lowest BCUT2D eigenvalue weighted by molar-refractivity contribution is 0.187. The van der Waals surface area contributed by atoms with E-state index in [0.29, 0.717) is 54.4 Å². The fraction of sp³-hybridized carbons (Fsp3) is 0.542. The molecule has 0 spiro atoms. The average Bonchev–Trinajstić information content (AvgIpc) is 3.09. The largest absolute Gasteiger partial charge is 0.493 e. The molecule has 1 aliphatic heterocycles. The maximum absolute atomic E-state index is 13.3. The summed E-state index contributed by atoms with van der Waals surface area (Å²) in [5.41, 5.74) is 1.78. The Bertz CT molecular complexity index is 1340. The highest BCUT2D eigenvalue weighted by molar-refractivity contribution is 7.89. The smallest absolute Gasteiger partial charge is 0.277 e. The number of ether oxygens (including phenoxy) is 1. The monoisotopic (exact) mass is 487 g/mol. The van der Waals surface area contributed by atoms with Gasteiger partial charge in [0.05, 0.1) is 22.8 Å². The van der Waals surface area contributed by atoms with Crippen LogP contribution in [0.2, 0.25) is 0 Å². The molecule has 0 radical (unpaired) electrons. The van der Waals surface area contributed by atoms with Crippen LogP contribution in [0.1, 0.15) is 52.1 Å². The molecule has 0 amide bonds. The number of rotatable bonds is 10. The summed E-state index contributed by atoms with van der Waals surface area (Å²) in [5, 5.41) is 4.46. The summed E-state index contributed by atoms with van der Waals surface area (Å²) < 4.78 is 35.4. The molecule has 0 saturated carbocycles. The van der Waals surface area contributed by atoms with E-state index in [1.165, 1.54) is 4.31 Å². The lowest BCUT2D eigenvalue weighted by Crippen LogP contribution is -2.49. The summed E-state index contributed by atoms with van der Waals surface area (Å²) in [7, 11) is -1.93. The van der Waals surface area contributed by atoms with Crippen molar-refractivity contribution in [3.05, 3.63) is 34.2 Å². The molecule has 34 heavy (non-hydrogen) atoms. The second-order valence-electron chi connectivity index (χ2n) is 8.85. The fourth-order valence-corrected chi connectivity index (χ4v) is 6.08. The quantitative estimate of drug-likeness (QED) is 0.469. The molecular formula is C24H33N5O4S. The molecule has 9 nitrogen and oxygen atoms in total. The highest BCUT2D eigenvalue weighted by atomic mass is 32.2. The van der Waals surface area contributed by atoms with Gasteiger partial charge in [-0.1, -0.05) is 33.1 Å². The van der Waals surface area contributed by atoms with E-state index < -0.39 is 10.0 Å². The van der Waals surface area contributed by atoms with Gasteiger partial charge in [-0.25, -0.2) is 13.4 Å². The van der Waals surface area contributed by atoms with Crippen molar-refractivity contribution in [3.8, 4) is 17.1 Å². The molecule has 1 N–H and O–H groups in total. The third-order valence-corrected chi connectivity index (χ3v) is 8.11. The number of hydrogen-bond acceptors (Lipinski definition) is 6. The molecule has 1 aliphatic rings. The number of aromatic nitrogens is 4. The van der Waals surface area contributed by atoms with E-state index in [-0.39, 0.29) is 16.3 Å². The first kappa shape index (κ1) is 24.4. The van der Waals surface area contributed by atoms with Crippen LogP contribution in [-0.2, 0) is 23.5 Å². The van der Waals surface area contributed by atoms with Gasteiger partial charge in [-0.15, -0.1) is 0 Å². The summed E-state index contributed by atoms with van der Waals surface area (Å²) >= 11 is 0. The number of aryl methyl sites for hydroxylation is 2. The van der Waals surface area contributed by atoms with Gasteiger partial charge in [-0.3, -0.25) is 9.48 Å². The lowest BCUT2D eigenvalue weighted by atomic mass is 9.97. The van der Waals surface area contributed by atoms with Crippen molar-refractivity contribution in [2.45, 2.75) is 57.8 Å². The number of fused-ring (bicyclic) bond motifs is 1. The Balaban J connectivity index is 1.76. The van der Waals surface area contributed by atoms with Gasteiger partial charge in [-0.2, -0.15) is 9.40 Å². The van der Waals surface area contributed by atoms with Gasteiger partial charge in [-0.05, 0) is 43.9 Å². The minimum absolute atomic E-state index is 0.169. The van der Waals surface area contributed by atoms with E-state index in [2.05, 4.69) is 17.0 Å². The Morgan fingerprint density at radius 1 is 1.18 bits per heavy atom. The number of benzene rings is 1. The molecule has 3 heterocycles. The SMILES string of the molecule is CCCCC1CN(S(=O)(=O)c2ccc(OCC)c(-c3nc4c(CCC)nn(C)c4c(=O)[nH]3)c2)C1.